The lowest BCUT2D eigenvalue weighted by Gasteiger charge is -2.14. The minimum absolute atomic E-state index is 0.0589. The highest BCUT2D eigenvalue weighted by atomic mass is 32.2. The van der Waals surface area contributed by atoms with Crippen LogP contribution in [0.1, 0.15) is 54.4 Å². The highest BCUT2D eigenvalue weighted by Crippen LogP contribution is 2.35. The van der Waals surface area contributed by atoms with Crippen LogP contribution in [0.5, 0.6) is 0 Å². The van der Waals surface area contributed by atoms with Crippen molar-refractivity contribution in [1.29, 1.82) is 0 Å². The molecule has 0 saturated heterocycles. The first-order chi connectivity index (χ1) is 13.6. The lowest BCUT2D eigenvalue weighted by Crippen LogP contribution is -2.16. The van der Waals surface area contributed by atoms with Gasteiger partial charge in [0.2, 0.25) is 5.91 Å². The third kappa shape index (κ3) is 4.55. The van der Waals surface area contributed by atoms with Gasteiger partial charge in [0.05, 0.1) is 5.56 Å². The van der Waals surface area contributed by atoms with Crippen molar-refractivity contribution in [2.75, 3.05) is 10.6 Å². The lowest BCUT2D eigenvalue weighted by atomic mass is 10.1. The number of benzene rings is 1. The molecule has 5 nitrogen and oxygen atoms in total. The molecule has 2 fully saturated rings. The molecular weight excluding hydrogens is 370 g/mol. The zero-order valence-corrected chi connectivity index (χ0v) is 16.8. The number of pyridine rings is 1. The molecule has 0 spiro atoms. The summed E-state index contributed by atoms with van der Waals surface area (Å²) in [5.74, 6) is 0.0379. The molecule has 0 unspecified atom stereocenters. The Morgan fingerprint density at radius 2 is 1.86 bits per heavy atom. The van der Waals surface area contributed by atoms with Gasteiger partial charge in [0.25, 0.3) is 5.91 Å². The van der Waals surface area contributed by atoms with Crippen molar-refractivity contribution in [1.82, 2.24) is 4.98 Å². The average Bonchev–Trinajstić information content (AvgIpc) is 3.43. The zero-order chi connectivity index (χ0) is 19.5. The van der Waals surface area contributed by atoms with Crippen LogP contribution in [0.2, 0.25) is 0 Å². The van der Waals surface area contributed by atoms with Gasteiger partial charge in [0, 0.05) is 28.7 Å². The van der Waals surface area contributed by atoms with Crippen LogP contribution in [-0.2, 0) is 4.79 Å². The molecular formula is C22H25N3O2S. The van der Waals surface area contributed by atoms with Crippen LogP contribution in [0.25, 0.3) is 0 Å². The van der Waals surface area contributed by atoms with E-state index in [1.807, 2.05) is 31.2 Å². The van der Waals surface area contributed by atoms with Gasteiger partial charge in [0.1, 0.15) is 5.03 Å². The van der Waals surface area contributed by atoms with Crippen molar-refractivity contribution in [3.05, 3.63) is 47.7 Å². The van der Waals surface area contributed by atoms with Crippen molar-refractivity contribution < 1.29 is 9.59 Å². The van der Waals surface area contributed by atoms with Crippen molar-refractivity contribution in [3.8, 4) is 0 Å². The van der Waals surface area contributed by atoms with E-state index in [1.165, 1.54) is 25.7 Å². The quantitative estimate of drug-likeness (QED) is 0.720. The van der Waals surface area contributed by atoms with Crippen LogP contribution < -0.4 is 10.6 Å². The Kier molecular flexibility index (Phi) is 5.67. The number of hydrogen-bond donors (Lipinski definition) is 2. The Morgan fingerprint density at radius 1 is 1.07 bits per heavy atom. The maximum Gasteiger partial charge on any atom is 0.258 e. The van der Waals surface area contributed by atoms with E-state index >= 15 is 0 Å². The van der Waals surface area contributed by atoms with Crippen LogP contribution in [-0.4, -0.2) is 22.0 Å². The second-order valence-electron chi connectivity index (χ2n) is 7.63. The molecule has 146 valence electrons. The highest BCUT2D eigenvalue weighted by molar-refractivity contribution is 7.99. The second-order valence-corrected chi connectivity index (χ2v) is 8.92. The number of carbonyl (C=O) groups is 2. The third-order valence-corrected chi connectivity index (χ3v) is 6.65. The Hall–Kier alpha value is -2.34. The van der Waals surface area contributed by atoms with E-state index < -0.39 is 0 Å². The first-order valence-electron chi connectivity index (χ1n) is 9.94. The SMILES string of the molecule is Cc1ccc(NC(=O)C2CC2)cc1NC(=O)c1cccnc1SC1CCCC1. The fourth-order valence-electron chi connectivity index (χ4n) is 3.44. The molecule has 1 aromatic heterocycles. The van der Waals surface area contributed by atoms with Crippen molar-refractivity contribution in [3.63, 3.8) is 0 Å². The summed E-state index contributed by atoms with van der Waals surface area (Å²) >= 11 is 1.71. The fraction of sp³-hybridized carbons (Fsp3) is 0.409. The number of anilines is 2. The van der Waals surface area contributed by atoms with E-state index in [0.717, 1.165) is 23.4 Å². The minimum Gasteiger partial charge on any atom is -0.326 e. The topological polar surface area (TPSA) is 71.1 Å². The Bertz CT molecular complexity index is 889. The van der Waals surface area contributed by atoms with Gasteiger partial charge in [-0.3, -0.25) is 9.59 Å². The van der Waals surface area contributed by atoms with Gasteiger partial charge in [-0.1, -0.05) is 18.9 Å². The summed E-state index contributed by atoms with van der Waals surface area (Å²) in [6.45, 7) is 1.94. The van der Waals surface area contributed by atoms with E-state index in [4.69, 9.17) is 0 Å². The maximum atomic E-state index is 13.0. The lowest BCUT2D eigenvalue weighted by molar-refractivity contribution is -0.117. The van der Waals surface area contributed by atoms with E-state index in [1.54, 1.807) is 24.0 Å². The predicted octanol–water partition coefficient (Wildman–Crippen LogP) is 5.03. The van der Waals surface area contributed by atoms with Crippen molar-refractivity contribution in [2.24, 2.45) is 5.92 Å². The number of nitrogens with one attached hydrogen (secondary N) is 2. The summed E-state index contributed by atoms with van der Waals surface area (Å²) < 4.78 is 0. The summed E-state index contributed by atoms with van der Waals surface area (Å²) in [6.07, 6.45) is 8.55. The monoisotopic (exact) mass is 395 g/mol. The van der Waals surface area contributed by atoms with Crippen LogP contribution >= 0.6 is 11.8 Å². The smallest absolute Gasteiger partial charge is 0.258 e. The van der Waals surface area contributed by atoms with E-state index in [0.29, 0.717) is 22.2 Å². The summed E-state index contributed by atoms with van der Waals surface area (Å²) in [5, 5.41) is 7.28. The molecule has 2 aromatic rings. The van der Waals surface area contributed by atoms with Gasteiger partial charge in [-0.25, -0.2) is 4.98 Å². The molecule has 2 aliphatic carbocycles. The van der Waals surface area contributed by atoms with Crippen LogP contribution in [0.3, 0.4) is 0 Å². The van der Waals surface area contributed by atoms with Gasteiger partial charge in [0.15, 0.2) is 0 Å². The molecule has 6 heteroatoms. The number of nitrogens with zero attached hydrogens (tertiary/aromatic N) is 1. The molecule has 0 bridgehead atoms. The summed E-state index contributed by atoms with van der Waals surface area (Å²) in [6, 6.07) is 9.24. The average molecular weight is 396 g/mol. The first kappa shape index (κ1) is 19.0. The molecule has 1 aromatic carbocycles. The van der Waals surface area contributed by atoms with Gasteiger partial charge in [-0.2, -0.15) is 0 Å². The van der Waals surface area contributed by atoms with Crippen LogP contribution in [0.4, 0.5) is 11.4 Å². The predicted molar refractivity (Wildman–Crippen MR) is 113 cm³/mol. The Labute approximate surface area is 169 Å². The number of rotatable bonds is 6. The highest BCUT2D eigenvalue weighted by Gasteiger charge is 2.29. The third-order valence-electron chi connectivity index (χ3n) is 5.30. The fourth-order valence-corrected chi connectivity index (χ4v) is 4.73. The first-order valence-corrected chi connectivity index (χ1v) is 10.8. The number of hydrogen-bond acceptors (Lipinski definition) is 4. The minimum atomic E-state index is -0.164. The molecule has 28 heavy (non-hydrogen) atoms. The molecule has 0 aliphatic heterocycles. The standard InChI is InChI=1S/C22H25N3O2S/c1-14-8-11-16(24-20(26)15-9-10-15)13-19(14)25-21(27)18-7-4-12-23-22(18)28-17-5-2-3-6-17/h4,7-8,11-13,15,17H,2-3,5-6,9-10H2,1H3,(H,24,26)(H,25,27). The molecule has 2 aliphatic rings. The van der Waals surface area contributed by atoms with Crippen molar-refractivity contribution in [2.45, 2.75) is 55.7 Å². The van der Waals surface area contributed by atoms with E-state index in [-0.39, 0.29) is 17.7 Å². The number of aromatic nitrogens is 1. The Morgan fingerprint density at radius 3 is 2.61 bits per heavy atom. The normalized spacial score (nSPS) is 16.8. The van der Waals surface area contributed by atoms with E-state index in [2.05, 4.69) is 15.6 Å². The van der Waals surface area contributed by atoms with Crippen molar-refractivity contribution >= 4 is 35.0 Å². The zero-order valence-electron chi connectivity index (χ0n) is 16.0. The number of amides is 2. The summed E-state index contributed by atoms with van der Waals surface area (Å²) in [4.78, 5) is 29.4. The number of thioether (sulfide) groups is 1. The molecule has 2 N–H and O–H groups in total. The molecule has 4 rings (SSSR count). The molecule has 0 radical (unpaired) electrons. The molecule has 2 amide bonds. The second kappa shape index (κ2) is 8.35. The van der Waals surface area contributed by atoms with Crippen LogP contribution in [0.15, 0.2) is 41.6 Å². The van der Waals surface area contributed by atoms with Gasteiger partial charge >= 0.3 is 0 Å². The molecule has 2 saturated carbocycles. The van der Waals surface area contributed by atoms with E-state index in [9.17, 15) is 9.59 Å². The number of carbonyl (C=O) groups excluding carboxylic acids is 2. The van der Waals surface area contributed by atoms with Gasteiger partial charge in [-0.05, 0) is 62.4 Å². The molecule has 1 heterocycles. The Balaban J connectivity index is 1.49. The van der Waals surface area contributed by atoms with Gasteiger partial charge < -0.3 is 10.6 Å². The van der Waals surface area contributed by atoms with Gasteiger partial charge in [-0.15, -0.1) is 11.8 Å². The molecule has 0 atom stereocenters. The summed E-state index contributed by atoms with van der Waals surface area (Å²) in [5.41, 5.74) is 2.97. The largest absolute Gasteiger partial charge is 0.326 e. The number of aryl methyl sites for hydroxylation is 1. The van der Waals surface area contributed by atoms with Crippen LogP contribution in [0, 0.1) is 12.8 Å². The summed E-state index contributed by atoms with van der Waals surface area (Å²) in [7, 11) is 0. The maximum absolute atomic E-state index is 13.0.